The number of nitrogens with one attached hydrogen (secondary N) is 1. The highest BCUT2D eigenvalue weighted by atomic mass is 79.9. The molecule has 0 aliphatic carbocycles. The number of fused-ring (bicyclic) bond motifs is 1. The van der Waals surface area contributed by atoms with Gasteiger partial charge >= 0.3 is 6.03 Å². The number of ether oxygens (including phenoxy) is 1. The van der Waals surface area contributed by atoms with Crippen LogP contribution in [0.3, 0.4) is 0 Å². The predicted molar refractivity (Wildman–Crippen MR) is 148 cm³/mol. The second-order valence-electron chi connectivity index (χ2n) is 8.28. The monoisotopic (exact) mass is 614 g/mol. The number of carbonyl (C=O) groups excluding carboxylic acids is 2. The van der Waals surface area contributed by atoms with E-state index in [9.17, 15) is 14.9 Å². The lowest BCUT2D eigenvalue weighted by Crippen LogP contribution is -2.43. The highest BCUT2D eigenvalue weighted by Gasteiger charge is 2.28. The molecule has 1 atom stereocenters. The van der Waals surface area contributed by atoms with Crippen molar-refractivity contribution in [2.24, 2.45) is 5.73 Å². The molecule has 0 radical (unpaired) electrons. The molecule has 0 fully saturated rings. The van der Waals surface area contributed by atoms with Crippen LogP contribution in [-0.2, 0) is 11.4 Å². The van der Waals surface area contributed by atoms with E-state index in [-0.39, 0.29) is 11.6 Å². The number of carbonyl (C=O) groups is 2. The van der Waals surface area contributed by atoms with Gasteiger partial charge in [-0.1, -0.05) is 35.3 Å². The zero-order valence-electron chi connectivity index (χ0n) is 20.2. The first-order valence-electron chi connectivity index (χ1n) is 11.2. The summed E-state index contributed by atoms with van der Waals surface area (Å²) in [5.41, 5.74) is 8.28. The van der Waals surface area contributed by atoms with E-state index in [0.29, 0.717) is 38.8 Å². The average molecular weight is 616 g/mol. The molecule has 3 N–H and O–H groups in total. The Kier molecular flexibility index (Phi) is 8.11. The molecule has 2 aromatic carbocycles. The van der Waals surface area contributed by atoms with Gasteiger partial charge in [-0.25, -0.2) is 9.78 Å². The molecule has 38 heavy (non-hydrogen) atoms. The molecule has 12 heteroatoms. The van der Waals surface area contributed by atoms with Crippen LogP contribution < -0.4 is 20.7 Å². The van der Waals surface area contributed by atoms with Crippen molar-refractivity contribution in [2.45, 2.75) is 19.6 Å². The number of hydrogen-bond donors (Lipinski definition) is 2. The Morgan fingerprint density at radius 1 is 1.26 bits per heavy atom. The summed E-state index contributed by atoms with van der Waals surface area (Å²) in [7, 11) is 1.51. The number of rotatable bonds is 7. The van der Waals surface area contributed by atoms with Crippen molar-refractivity contribution in [1.82, 2.24) is 14.7 Å². The third-order valence-corrected chi connectivity index (χ3v) is 7.56. The van der Waals surface area contributed by atoms with Gasteiger partial charge in [-0.15, -0.1) is 0 Å². The molecule has 0 saturated carbocycles. The molecule has 0 bridgehead atoms. The second kappa shape index (κ2) is 11.3. The Labute approximate surface area is 236 Å². The minimum absolute atomic E-state index is 0.00389. The lowest BCUT2D eigenvalue weighted by Gasteiger charge is -2.26. The quantitative estimate of drug-likeness (QED) is 0.282. The van der Waals surface area contributed by atoms with Crippen molar-refractivity contribution in [3.05, 3.63) is 91.8 Å². The molecule has 0 saturated heterocycles. The molecule has 2 aromatic heterocycles. The summed E-state index contributed by atoms with van der Waals surface area (Å²) in [6.45, 7) is 1.88. The van der Waals surface area contributed by atoms with E-state index >= 15 is 0 Å². The van der Waals surface area contributed by atoms with Gasteiger partial charge in [-0.05, 0) is 64.8 Å². The number of imidazole rings is 1. The molecule has 3 amide bonds. The number of urea groups is 1. The van der Waals surface area contributed by atoms with Crippen LogP contribution in [0.25, 0.3) is 5.65 Å². The standard InChI is InChI=1S/C26H21BrCl2N6O3/c1-14-23(27)35-10-4-7-20(24(35)32-14)38-13-17-18(28)8-9-19(21(17)29)34(2)25(36)22(33-26(31)37)16-6-3-5-15(11-16)12-30/h3-11,22H,13H2,1-2H3,(H3,31,33,37). The third kappa shape index (κ3) is 5.41. The van der Waals surface area contributed by atoms with E-state index in [1.54, 1.807) is 36.4 Å². The van der Waals surface area contributed by atoms with Crippen LogP contribution in [0.4, 0.5) is 10.5 Å². The summed E-state index contributed by atoms with van der Waals surface area (Å²) in [6.07, 6.45) is 1.86. The number of amides is 3. The van der Waals surface area contributed by atoms with Gasteiger partial charge in [0, 0.05) is 23.8 Å². The lowest BCUT2D eigenvalue weighted by molar-refractivity contribution is -0.120. The first-order chi connectivity index (χ1) is 18.1. The largest absolute Gasteiger partial charge is 0.485 e. The maximum atomic E-state index is 13.5. The average Bonchev–Trinajstić information content (AvgIpc) is 3.20. The van der Waals surface area contributed by atoms with Crippen molar-refractivity contribution >= 4 is 62.4 Å². The number of halogens is 3. The number of nitrogens with zero attached hydrogens (tertiary/aromatic N) is 4. The van der Waals surface area contributed by atoms with E-state index in [1.807, 2.05) is 29.7 Å². The zero-order chi connectivity index (χ0) is 27.6. The molecule has 1 unspecified atom stereocenters. The van der Waals surface area contributed by atoms with Crippen molar-refractivity contribution in [3.8, 4) is 11.8 Å². The minimum Gasteiger partial charge on any atom is -0.485 e. The zero-order valence-corrected chi connectivity index (χ0v) is 23.3. The summed E-state index contributed by atoms with van der Waals surface area (Å²) >= 11 is 16.7. The maximum Gasteiger partial charge on any atom is 0.313 e. The van der Waals surface area contributed by atoms with Gasteiger partial charge in [0.2, 0.25) is 0 Å². The van der Waals surface area contributed by atoms with Crippen molar-refractivity contribution in [3.63, 3.8) is 0 Å². The number of aromatic nitrogens is 2. The van der Waals surface area contributed by atoms with Crippen molar-refractivity contribution < 1.29 is 14.3 Å². The van der Waals surface area contributed by atoms with Gasteiger partial charge in [-0.2, -0.15) is 5.26 Å². The summed E-state index contributed by atoms with van der Waals surface area (Å²) in [6, 6.07) is 13.1. The minimum atomic E-state index is -1.16. The van der Waals surface area contributed by atoms with E-state index in [1.165, 1.54) is 18.0 Å². The van der Waals surface area contributed by atoms with Crippen LogP contribution in [0.5, 0.6) is 5.75 Å². The number of hydrogen-bond acceptors (Lipinski definition) is 5. The van der Waals surface area contributed by atoms with E-state index in [2.05, 4.69) is 26.2 Å². The van der Waals surface area contributed by atoms with E-state index in [4.69, 9.17) is 33.7 Å². The van der Waals surface area contributed by atoms with Gasteiger partial charge < -0.3 is 20.7 Å². The van der Waals surface area contributed by atoms with Gasteiger partial charge in [0.05, 0.1) is 28.0 Å². The number of benzene rings is 2. The smallest absolute Gasteiger partial charge is 0.313 e. The van der Waals surface area contributed by atoms with Crippen LogP contribution in [-0.4, -0.2) is 28.4 Å². The number of likely N-dealkylation sites (N-methyl/N-ethyl adjacent to an activating group) is 1. The fourth-order valence-electron chi connectivity index (χ4n) is 3.90. The van der Waals surface area contributed by atoms with Gasteiger partial charge in [0.15, 0.2) is 11.4 Å². The molecule has 4 rings (SSSR count). The highest BCUT2D eigenvalue weighted by molar-refractivity contribution is 9.10. The molecule has 4 aromatic rings. The molecular formula is C26H21BrCl2N6O3. The Bertz CT molecular complexity index is 1600. The normalized spacial score (nSPS) is 11.6. The molecule has 0 aliphatic rings. The van der Waals surface area contributed by atoms with Crippen LogP contribution in [0.1, 0.15) is 28.4 Å². The van der Waals surface area contributed by atoms with Gasteiger partial charge in [0.25, 0.3) is 5.91 Å². The topological polar surface area (TPSA) is 126 Å². The van der Waals surface area contributed by atoms with Gasteiger partial charge in [-0.3, -0.25) is 9.20 Å². The Morgan fingerprint density at radius 3 is 2.74 bits per heavy atom. The van der Waals surface area contributed by atoms with E-state index < -0.39 is 18.0 Å². The highest BCUT2D eigenvalue weighted by Crippen LogP contribution is 2.36. The number of anilines is 1. The summed E-state index contributed by atoms with van der Waals surface area (Å²) in [5, 5.41) is 12.2. The van der Waals surface area contributed by atoms with Crippen molar-refractivity contribution in [2.75, 3.05) is 11.9 Å². The number of nitrogens with two attached hydrogens (primary N) is 1. The fraction of sp³-hybridized carbons (Fsp3) is 0.154. The van der Waals surface area contributed by atoms with Crippen LogP contribution >= 0.6 is 39.1 Å². The van der Waals surface area contributed by atoms with E-state index in [0.717, 1.165) is 10.3 Å². The maximum absolute atomic E-state index is 13.5. The molecule has 2 heterocycles. The summed E-state index contributed by atoms with van der Waals surface area (Å²) in [4.78, 5) is 31.0. The molecule has 0 spiro atoms. The number of pyridine rings is 1. The van der Waals surface area contributed by atoms with Gasteiger partial charge in [0.1, 0.15) is 17.3 Å². The summed E-state index contributed by atoms with van der Waals surface area (Å²) < 4.78 is 8.71. The number of aryl methyl sites for hydroxylation is 1. The Balaban J connectivity index is 1.64. The third-order valence-electron chi connectivity index (χ3n) is 5.83. The van der Waals surface area contributed by atoms with Crippen LogP contribution in [0, 0.1) is 18.3 Å². The number of nitriles is 1. The van der Waals surface area contributed by atoms with Crippen LogP contribution in [0.15, 0.2) is 59.3 Å². The molecule has 194 valence electrons. The Hall–Kier alpha value is -3.78. The molecule has 9 nitrogen and oxygen atoms in total. The molecular weight excluding hydrogens is 595 g/mol. The Morgan fingerprint density at radius 2 is 2.03 bits per heavy atom. The second-order valence-corrected chi connectivity index (χ2v) is 9.81. The fourth-order valence-corrected chi connectivity index (χ4v) is 4.88. The first-order valence-corrected chi connectivity index (χ1v) is 12.7. The first kappa shape index (κ1) is 27.3. The summed E-state index contributed by atoms with van der Waals surface area (Å²) in [5.74, 6) is -0.0103. The van der Waals surface area contributed by atoms with Crippen molar-refractivity contribution in [1.29, 1.82) is 5.26 Å². The lowest BCUT2D eigenvalue weighted by atomic mass is 10.0. The molecule has 0 aliphatic heterocycles. The van der Waals surface area contributed by atoms with Crippen LogP contribution in [0.2, 0.25) is 10.0 Å². The predicted octanol–water partition coefficient (Wildman–Crippen LogP) is 5.54. The number of primary amides is 1. The SMILES string of the molecule is Cc1nc2c(OCc3c(Cl)ccc(N(C)C(=O)C(NC(N)=O)c4cccc(C#N)c4)c3Cl)cccn2c1Br.